The molecule has 0 saturated heterocycles. The average molecular weight is 289 g/mol. The van der Waals surface area contributed by atoms with Gasteiger partial charge in [-0.25, -0.2) is 0 Å². The summed E-state index contributed by atoms with van der Waals surface area (Å²) in [7, 11) is 0. The molecule has 0 radical (unpaired) electrons. The van der Waals surface area contributed by atoms with Gasteiger partial charge in [0, 0.05) is 22.3 Å². The lowest BCUT2D eigenvalue weighted by atomic mass is 10.1. The van der Waals surface area contributed by atoms with E-state index in [1.807, 2.05) is 19.1 Å². The topological polar surface area (TPSA) is 64.3 Å². The minimum atomic E-state index is -0.605. The molecule has 1 heterocycles. The first-order valence-electron chi connectivity index (χ1n) is 6.19. The number of fused-ring (bicyclic) bond motifs is 1. The zero-order valence-corrected chi connectivity index (χ0v) is 11.6. The van der Waals surface area contributed by atoms with Gasteiger partial charge in [0.05, 0.1) is 0 Å². The number of hydrogen-bond acceptors (Lipinski definition) is 3. The predicted octanol–water partition coefficient (Wildman–Crippen LogP) is 3.39. The van der Waals surface area contributed by atoms with Gasteiger partial charge in [-0.3, -0.25) is 4.79 Å². The van der Waals surface area contributed by atoms with E-state index < -0.39 is 6.04 Å². The van der Waals surface area contributed by atoms with E-state index in [-0.39, 0.29) is 5.91 Å². The van der Waals surface area contributed by atoms with Crippen LogP contribution in [0.5, 0.6) is 11.5 Å². The SMILES string of the molecule is Cc1ccc(Cl)cc1Oc1ccc2c(c1)NC(=O)C2N. The molecule has 3 rings (SSSR count). The van der Waals surface area contributed by atoms with Crippen LogP contribution in [-0.2, 0) is 4.79 Å². The molecule has 0 saturated carbocycles. The van der Waals surface area contributed by atoms with E-state index >= 15 is 0 Å². The van der Waals surface area contributed by atoms with Crippen molar-refractivity contribution in [3.63, 3.8) is 0 Å². The molecule has 3 N–H and O–H groups in total. The fraction of sp³-hybridized carbons (Fsp3) is 0.133. The van der Waals surface area contributed by atoms with Crippen LogP contribution in [0.25, 0.3) is 0 Å². The Morgan fingerprint density at radius 2 is 2.05 bits per heavy atom. The number of hydrogen-bond donors (Lipinski definition) is 2. The summed E-state index contributed by atoms with van der Waals surface area (Å²) in [5.74, 6) is 1.12. The number of benzene rings is 2. The van der Waals surface area contributed by atoms with Gasteiger partial charge in [-0.15, -0.1) is 0 Å². The minimum Gasteiger partial charge on any atom is -0.457 e. The number of anilines is 1. The van der Waals surface area contributed by atoms with Gasteiger partial charge in [-0.2, -0.15) is 0 Å². The molecule has 2 aromatic rings. The van der Waals surface area contributed by atoms with Gasteiger partial charge in [-0.1, -0.05) is 23.7 Å². The van der Waals surface area contributed by atoms with E-state index in [1.54, 1.807) is 24.3 Å². The maximum Gasteiger partial charge on any atom is 0.245 e. The second-order valence-electron chi connectivity index (χ2n) is 4.73. The Labute approximate surface area is 121 Å². The molecule has 1 unspecified atom stereocenters. The van der Waals surface area contributed by atoms with E-state index in [2.05, 4.69) is 5.32 Å². The second kappa shape index (κ2) is 4.81. The Morgan fingerprint density at radius 1 is 1.25 bits per heavy atom. The fourth-order valence-electron chi connectivity index (χ4n) is 2.14. The first kappa shape index (κ1) is 13.0. The van der Waals surface area contributed by atoms with Gasteiger partial charge < -0.3 is 15.8 Å². The number of carbonyl (C=O) groups excluding carboxylic acids is 1. The highest BCUT2D eigenvalue weighted by Gasteiger charge is 2.27. The fourth-order valence-corrected chi connectivity index (χ4v) is 2.30. The molecule has 1 atom stereocenters. The summed E-state index contributed by atoms with van der Waals surface area (Å²) in [5.41, 5.74) is 8.22. The van der Waals surface area contributed by atoms with Crippen molar-refractivity contribution in [2.45, 2.75) is 13.0 Å². The van der Waals surface area contributed by atoms with Gasteiger partial charge in [0.1, 0.15) is 17.5 Å². The van der Waals surface area contributed by atoms with E-state index in [9.17, 15) is 4.79 Å². The Morgan fingerprint density at radius 3 is 2.85 bits per heavy atom. The Bertz CT molecular complexity index is 700. The van der Waals surface area contributed by atoms with Crippen molar-refractivity contribution in [3.8, 4) is 11.5 Å². The van der Waals surface area contributed by atoms with Gasteiger partial charge in [0.2, 0.25) is 5.91 Å². The van der Waals surface area contributed by atoms with Crippen molar-refractivity contribution in [2.75, 3.05) is 5.32 Å². The lowest BCUT2D eigenvalue weighted by Gasteiger charge is -2.10. The molecule has 0 fully saturated rings. The molecule has 5 heteroatoms. The molecular weight excluding hydrogens is 276 g/mol. The zero-order valence-electron chi connectivity index (χ0n) is 10.8. The average Bonchev–Trinajstić information content (AvgIpc) is 2.69. The van der Waals surface area contributed by atoms with Crippen molar-refractivity contribution in [1.29, 1.82) is 0 Å². The highest BCUT2D eigenvalue weighted by atomic mass is 35.5. The summed E-state index contributed by atoms with van der Waals surface area (Å²) in [5, 5.41) is 3.34. The van der Waals surface area contributed by atoms with Crippen LogP contribution >= 0.6 is 11.6 Å². The first-order valence-corrected chi connectivity index (χ1v) is 6.57. The molecule has 2 aromatic carbocycles. The van der Waals surface area contributed by atoms with Crippen molar-refractivity contribution in [2.24, 2.45) is 5.73 Å². The third kappa shape index (κ3) is 2.24. The first-order chi connectivity index (χ1) is 9.54. The highest BCUT2D eigenvalue weighted by Crippen LogP contribution is 2.35. The van der Waals surface area contributed by atoms with Crippen molar-refractivity contribution < 1.29 is 9.53 Å². The minimum absolute atomic E-state index is 0.198. The van der Waals surface area contributed by atoms with E-state index in [0.717, 1.165) is 11.1 Å². The lowest BCUT2D eigenvalue weighted by Crippen LogP contribution is -2.19. The van der Waals surface area contributed by atoms with Crippen LogP contribution < -0.4 is 15.8 Å². The summed E-state index contributed by atoms with van der Waals surface area (Å²) < 4.78 is 5.81. The van der Waals surface area contributed by atoms with Gasteiger partial charge >= 0.3 is 0 Å². The number of nitrogens with two attached hydrogens (primary N) is 1. The molecule has 4 nitrogen and oxygen atoms in total. The number of aryl methyl sites for hydroxylation is 1. The highest BCUT2D eigenvalue weighted by molar-refractivity contribution is 6.30. The molecule has 1 aliphatic heterocycles. The third-order valence-corrected chi connectivity index (χ3v) is 3.51. The third-order valence-electron chi connectivity index (χ3n) is 3.28. The van der Waals surface area contributed by atoms with Crippen molar-refractivity contribution in [1.82, 2.24) is 0 Å². The van der Waals surface area contributed by atoms with Crippen LogP contribution in [0.3, 0.4) is 0 Å². The number of nitrogens with one attached hydrogen (secondary N) is 1. The Hall–Kier alpha value is -2.04. The Kier molecular flexibility index (Phi) is 3.12. The summed E-state index contributed by atoms with van der Waals surface area (Å²) in [6.45, 7) is 1.94. The van der Waals surface area contributed by atoms with Gasteiger partial charge in [0.25, 0.3) is 0 Å². The van der Waals surface area contributed by atoms with E-state index in [4.69, 9.17) is 22.1 Å². The predicted molar refractivity (Wildman–Crippen MR) is 78.3 cm³/mol. The Balaban J connectivity index is 1.92. The van der Waals surface area contributed by atoms with Crippen LogP contribution in [-0.4, -0.2) is 5.91 Å². The number of amides is 1. The largest absolute Gasteiger partial charge is 0.457 e. The van der Waals surface area contributed by atoms with Crippen LogP contribution in [0.1, 0.15) is 17.2 Å². The molecule has 0 bridgehead atoms. The number of halogens is 1. The zero-order chi connectivity index (χ0) is 14.3. The van der Waals surface area contributed by atoms with Crippen molar-refractivity contribution >= 4 is 23.2 Å². The number of ether oxygens (including phenoxy) is 1. The number of rotatable bonds is 2. The van der Waals surface area contributed by atoms with Crippen LogP contribution in [0.15, 0.2) is 36.4 Å². The monoisotopic (exact) mass is 288 g/mol. The molecule has 1 amide bonds. The van der Waals surface area contributed by atoms with Crippen LogP contribution in [0, 0.1) is 6.92 Å². The number of carbonyl (C=O) groups is 1. The van der Waals surface area contributed by atoms with Crippen LogP contribution in [0.2, 0.25) is 5.02 Å². The lowest BCUT2D eigenvalue weighted by molar-refractivity contribution is -0.116. The molecule has 0 aromatic heterocycles. The summed E-state index contributed by atoms with van der Waals surface area (Å²) in [6.07, 6.45) is 0. The maximum atomic E-state index is 11.5. The quantitative estimate of drug-likeness (QED) is 0.890. The molecular formula is C15H13ClN2O2. The summed E-state index contributed by atoms with van der Waals surface area (Å²) in [6, 6.07) is 10.2. The maximum absolute atomic E-state index is 11.5. The molecule has 102 valence electrons. The van der Waals surface area contributed by atoms with E-state index in [0.29, 0.717) is 22.2 Å². The molecule has 0 aliphatic carbocycles. The van der Waals surface area contributed by atoms with Gasteiger partial charge in [-0.05, 0) is 30.7 Å². The molecule has 1 aliphatic rings. The van der Waals surface area contributed by atoms with Gasteiger partial charge in [0.15, 0.2) is 0 Å². The summed E-state index contributed by atoms with van der Waals surface area (Å²) >= 11 is 5.96. The molecule has 20 heavy (non-hydrogen) atoms. The van der Waals surface area contributed by atoms with Crippen molar-refractivity contribution in [3.05, 3.63) is 52.5 Å². The van der Waals surface area contributed by atoms with E-state index in [1.165, 1.54) is 0 Å². The molecule has 0 spiro atoms. The van der Waals surface area contributed by atoms with Crippen LogP contribution in [0.4, 0.5) is 5.69 Å². The normalized spacial score (nSPS) is 16.8. The standard InChI is InChI=1S/C15H13ClN2O2/c1-8-2-3-9(16)6-13(8)20-10-4-5-11-12(7-10)18-15(19)14(11)17/h2-7,14H,17H2,1H3,(H,18,19). The second-order valence-corrected chi connectivity index (χ2v) is 5.16. The summed E-state index contributed by atoms with van der Waals surface area (Å²) in [4.78, 5) is 11.5. The smallest absolute Gasteiger partial charge is 0.245 e.